The van der Waals surface area contributed by atoms with Gasteiger partial charge in [-0.1, -0.05) is 36.4 Å². The first-order valence-corrected chi connectivity index (χ1v) is 6.34. The van der Waals surface area contributed by atoms with Gasteiger partial charge < -0.3 is 11.1 Å². The minimum absolute atomic E-state index is 0.222. The van der Waals surface area contributed by atoms with E-state index in [1.807, 2.05) is 30.3 Å². The Morgan fingerprint density at radius 1 is 0.947 bits per heavy atom. The molecule has 0 aliphatic carbocycles. The molecule has 19 heavy (non-hydrogen) atoms. The standard InChI is InChI=1S/C16H15FN2/c17-14-8-4-3-7-13(14)16-12-6-2-1-5-11(12)15(18)9-10-19-16/h1-8,19H,9-10,18H2. The summed E-state index contributed by atoms with van der Waals surface area (Å²) >= 11 is 0. The molecule has 0 amide bonds. The summed E-state index contributed by atoms with van der Waals surface area (Å²) in [5.74, 6) is -0.222. The molecular formula is C16H15FN2. The van der Waals surface area contributed by atoms with E-state index in [0.29, 0.717) is 12.1 Å². The van der Waals surface area contributed by atoms with Gasteiger partial charge in [-0.3, -0.25) is 0 Å². The van der Waals surface area contributed by atoms with Gasteiger partial charge in [0.05, 0.1) is 5.70 Å². The lowest BCUT2D eigenvalue weighted by atomic mass is 10.1. The second-order valence-corrected chi connectivity index (χ2v) is 4.60. The third kappa shape index (κ3) is 2.08. The highest BCUT2D eigenvalue weighted by Gasteiger charge is 2.11. The Kier molecular flexibility index (Phi) is 2.95. The number of hydrogen-bond donors (Lipinski definition) is 2. The van der Waals surface area contributed by atoms with Gasteiger partial charge in [0.1, 0.15) is 5.82 Å². The molecule has 1 aliphatic rings. The van der Waals surface area contributed by atoms with Crippen LogP contribution in [0, 0.1) is 5.82 Å². The van der Waals surface area contributed by atoms with E-state index in [1.165, 1.54) is 6.07 Å². The highest BCUT2D eigenvalue weighted by molar-refractivity contribution is 5.66. The summed E-state index contributed by atoms with van der Waals surface area (Å²) in [6.07, 6.45) is 0.759. The molecule has 3 N–H and O–H groups in total. The van der Waals surface area contributed by atoms with Crippen LogP contribution >= 0.6 is 0 Å². The number of hydrogen-bond acceptors (Lipinski definition) is 2. The first-order valence-electron chi connectivity index (χ1n) is 6.34. The number of halogens is 1. The molecule has 0 spiro atoms. The lowest BCUT2D eigenvalue weighted by Gasteiger charge is -2.10. The lowest BCUT2D eigenvalue weighted by molar-refractivity contribution is 0.621. The molecule has 0 unspecified atom stereocenters. The highest BCUT2D eigenvalue weighted by Crippen LogP contribution is 2.13. The van der Waals surface area contributed by atoms with E-state index >= 15 is 0 Å². The molecule has 3 rings (SSSR count). The molecule has 2 nitrogen and oxygen atoms in total. The summed E-state index contributed by atoms with van der Waals surface area (Å²) in [6.45, 7) is 0.712. The van der Waals surface area contributed by atoms with Gasteiger partial charge in [0.25, 0.3) is 0 Å². The first-order chi connectivity index (χ1) is 9.27. The molecule has 1 aliphatic heterocycles. The van der Waals surface area contributed by atoms with E-state index in [2.05, 4.69) is 5.32 Å². The summed E-state index contributed by atoms with van der Waals surface area (Å²) in [5, 5.41) is 5.25. The van der Waals surface area contributed by atoms with E-state index in [1.54, 1.807) is 12.1 Å². The van der Waals surface area contributed by atoms with Crippen LogP contribution in [0.15, 0.2) is 48.5 Å². The zero-order valence-electron chi connectivity index (χ0n) is 10.5. The van der Waals surface area contributed by atoms with Crippen molar-refractivity contribution in [3.05, 3.63) is 70.3 Å². The van der Waals surface area contributed by atoms with E-state index in [4.69, 9.17) is 5.73 Å². The molecule has 0 fully saturated rings. The number of fused-ring (bicyclic) bond motifs is 1. The highest BCUT2D eigenvalue weighted by atomic mass is 19.1. The van der Waals surface area contributed by atoms with Gasteiger partial charge in [0.15, 0.2) is 0 Å². The third-order valence-corrected chi connectivity index (χ3v) is 3.38. The van der Waals surface area contributed by atoms with Crippen LogP contribution in [0.2, 0.25) is 0 Å². The van der Waals surface area contributed by atoms with Crippen molar-refractivity contribution in [1.29, 1.82) is 0 Å². The fourth-order valence-corrected chi connectivity index (χ4v) is 2.44. The zero-order valence-corrected chi connectivity index (χ0v) is 10.5. The normalized spacial score (nSPS) is 14.6. The maximum atomic E-state index is 14.0. The van der Waals surface area contributed by atoms with Gasteiger partial charge in [-0.05, 0) is 12.1 Å². The second kappa shape index (κ2) is 4.76. The Hall–Kier alpha value is -2.29. The van der Waals surface area contributed by atoms with Crippen LogP contribution in [0.1, 0.15) is 12.0 Å². The quantitative estimate of drug-likeness (QED) is 0.798. The summed E-state index contributed by atoms with van der Waals surface area (Å²) < 4.78 is 14.0. The van der Waals surface area contributed by atoms with Gasteiger partial charge in [-0.15, -0.1) is 0 Å². The van der Waals surface area contributed by atoms with Crippen molar-refractivity contribution in [2.24, 2.45) is 5.73 Å². The predicted octanol–water partition coefficient (Wildman–Crippen LogP) is 1.04. The molecule has 1 heterocycles. The third-order valence-electron chi connectivity index (χ3n) is 3.38. The summed E-state index contributed by atoms with van der Waals surface area (Å²) in [6, 6.07) is 14.7. The van der Waals surface area contributed by atoms with E-state index in [9.17, 15) is 4.39 Å². The van der Waals surface area contributed by atoms with Crippen LogP contribution in [0.3, 0.4) is 0 Å². The van der Waals surface area contributed by atoms with Crippen molar-refractivity contribution in [1.82, 2.24) is 5.32 Å². The minimum Gasteiger partial charge on any atom is -0.401 e. The molecule has 2 aromatic rings. The SMILES string of the molecule is NC1=c2ccccc2=C(c2ccccc2F)NCC1. The van der Waals surface area contributed by atoms with E-state index in [0.717, 1.165) is 28.3 Å². The maximum Gasteiger partial charge on any atom is 0.132 e. The number of nitrogens with one attached hydrogen (secondary N) is 1. The topological polar surface area (TPSA) is 38.0 Å². The molecule has 0 radical (unpaired) electrons. The first kappa shape index (κ1) is 11.8. The van der Waals surface area contributed by atoms with Gasteiger partial charge in [-0.2, -0.15) is 0 Å². The molecular weight excluding hydrogens is 239 g/mol. The molecule has 0 atom stereocenters. The number of nitrogens with two attached hydrogens (primary N) is 1. The van der Waals surface area contributed by atoms with Crippen molar-refractivity contribution >= 4 is 11.4 Å². The summed E-state index contributed by atoms with van der Waals surface area (Å²) in [5.41, 5.74) is 8.34. The molecule has 0 aromatic heterocycles. The molecule has 0 saturated heterocycles. The molecule has 0 saturated carbocycles. The van der Waals surface area contributed by atoms with Crippen molar-refractivity contribution < 1.29 is 4.39 Å². The predicted molar refractivity (Wildman–Crippen MR) is 74.8 cm³/mol. The molecule has 3 heteroatoms. The lowest BCUT2D eigenvalue weighted by Crippen LogP contribution is -2.32. The zero-order chi connectivity index (χ0) is 13.2. The van der Waals surface area contributed by atoms with Gasteiger partial charge in [0.2, 0.25) is 0 Å². The van der Waals surface area contributed by atoms with Crippen molar-refractivity contribution in [2.75, 3.05) is 6.54 Å². The van der Waals surface area contributed by atoms with Crippen LogP contribution < -0.4 is 21.5 Å². The van der Waals surface area contributed by atoms with Crippen LogP contribution in [-0.2, 0) is 0 Å². The second-order valence-electron chi connectivity index (χ2n) is 4.60. The Morgan fingerprint density at radius 3 is 2.42 bits per heavy atom. The molecule has 96 valence electrons. The monoisotopic (exact) mass is 254 g/mol. The average Bonchev–Trinajstić information content (AvgIpc) is 2.60. The number of rotatable bonds is 1. The van der Waals surface area contributed by atoms with Crippen LogP contribution in [0.4, 0.5) is 4.39 Å². The largest absolute Gasteiger partial charge is 0.401 e. The number of benzene rings is 2. The van der Waals surface area contributed by atoms with Gasteiger partial charge in [-0.25, -0.2) is 4.39 Å². The molecule has 2 aromatic carbocycles. The van der Waals surface area contributed by atoms with Crippen molar-refractivity contribution in [3.63, 3.8) is 0 Å². The fraction of sp³-hybridized carbons (Fsp3) is 0.125. The molecule has 0 bridgehead atoms. The smallest absolute Gasteiger partial charge is 0.132 e. The Labute approximate surface area is 111 Å². The van der Waals surface area contributed by atoms with Gasteiger partial charge >= 0.3 is 0 Å². The van der Waals surface area contributed by atoms with Crippen LogP contribution in [0.25, 0.3) is 11.4 Å². The Bertz CT molecular complexity index is 734. The Balaban J connectivity index is 2.41. The van der Waals surface area contributed by atoms with Crippen molar-refractivity contribution in [2.45, 2.75) is 6.42 Å². The maximum absolute atomic E-state index is 14.0. The van der Waals surface area contributed by atoms with Gasteiger partial charge in [0, 0.05) is 34.7 Å². The van der Waals surface area contributed by atoms with Crippen LogP contribution in [0.5, 0.6) is 0 Å². The van der Waals surface area contributed by atoms with E-state index < -0.39 is 0 Å². The summed E-state index contributed by atoms with van der Waals surface area (Å²) in [7, 11) is 0. The van der Waals surface area contributed by atoms with E-state index in [-0.39, 0.29) is 5.82 Å². The minimum atomic E-state index is -0.222. The fourth-order valence-electron chi connectivity index (χ4n) is 2.44. The Morgan fingerprint density at radius 2 is 1.63 bits per heavy atom. The average molecular weight is 254 g/mol. The summed E-state index contributed by atoms with van der Waals surface area (Å²) in [4.78, 5) is 0. The van der Waals surface area contributed by atoms with Crippen molar-refractivity contribution in [3.8, 4) is 0 Å². The van der Waals surface area contributed by atoms with Crippen LogP contribution in [-0.4, -0.2) is 6.54 Å².